The smallest absolute Gasteiger partial charge is 0.224 e. The van der Waals surface area contributed by atoms with Crippen molar-refractivity contribution in [3.05, 3.63) is 12.3 Å². The van der Waals surface area contributed by atoms with E-state index < -0.39 is 0 Å². The highest BCUT2D eigenvalue weighted by Crippen LogP contribution is 2.54. The Balaban J connectivity index is 1.37. The van der Waals surface area contributed by atoms with Crippen LogP contribution in [0.2, 0.25) is 0 Å². The van der Waals surface area contributed by atoms with Crippen LogP contribution in [0, 0.1) is 29.1 Å². The SMILES string of the molecule is CCC(CNc1nccc(N2C[C@H]3CCN[C@H]3C2)n1)C1CC(C)C1(C)C. The number of aromatic nitrogens is 2. The molecule has 1 aromatic heterocycles. The highest BCUT2D eigenvalue weighted by molar-refractivity contribution is 5.44. The average Bonchev–Trinajstić information content (AvgIpc) is 3.23. The van der Waals surface area contributed by atoms with Crippen LogP contribution in [0.3, 0.4) is 0 Å². The molecule has 3 heterocycles. The maximum atomic E-state index is 4.82. The molecule has 1 aliphatic carbocycles. The lowest BCUT2D eigenvalue weighted by Gasteiger charge is -2.54. The average molecular weight is 358 g/mol. The molecule has 0 bridgehead atoms. The fourth-order valence-corrected chi connectivity index (χ4v) is 5.43. The molecule has 0 radical (unpaired) electrons. The van der Waals surface area contributed by atoms with Crippen molar-refractivity contribution >= 4 is 11.8 Å². The van der Waals surface area contributed by atoms with Gasteiger partial charge in [0.05, 0.1) is 0 Å². The molecule has 3 unspecified atom stereocenters. The Morgan fingerprint density at radius 3 is 2.92 bits per heavy atom. The van der Waals surface area contributed by atoms with E-state index in [9.17, 15) is 0 Å². The monoisotopic (exact) mass is 357 g/mol. The first-order valence-electron chi connectivity index (χ1n) is 10.5. The molecule has 4 rings (SSSR count). The lowest BCUT2D eigenvalue weighted by atomic mass is 9.51. The molecule has 2 saturated heterocycles. The Hall–Kier alpha value is -1.36. The van der Waals surface area contributed by atoms with Gasteiger partial charge in [-0.05, 0) is 54.5 Å². The van der Waals surface area contributed by atoms with E-state index in [2.05, 4.69) is 54.3 Å². The molecule has 144 valence electrons. The second-order valence-corrected chi connectivity index (χ2v) is 9.37. The van der Waals surface area contributed by atoms with Gasteiger partial charge in [-0.15, -0.1) is 0 Å². The van der Waals surface area contributed by atoms with Crippen molar-refractivity contribution in [1.82, 2.24) is 15.3 Å². The van der Waals surface area contributed by atoms with E-state index in [1.54, 1.807) is 0 Å². The third kappa shape index (κ3) is 3.19. The molecule has 26 heavy (non-hydrogen) atoms. The number of nitrogens with zero attached hydrogens (tertiary/aromatic N) is 3. The van der Waals surface area contributed by atoms with Crippen molar-refractivity contribution in [2.75, 3.05) is 36.4 Å². The van der Waals surface area contributed by atoms with Crippen LogP contribution in [0.15, 0.2) is 12.3 Å². The molecule has 1 saturated carbocycles. The molecule has 0 amide bonds. The maximum absolute atomic E-state index is 4.82. The standard InChI is InChI=1S/C21H35N5/c1-5-15(17-10-14(2)21(17,3)4)11-24-20-23-9-7-19(25-20)26-12-16-6-8-22-18(16)13-26/h7,9,14-18,22H,5-6,8,10-13H2,1-4H3,(H,23,24,25)/t14?,15?,16-,17?,18+/m1/s1. The summed E-state index contributed by atoms with van der Waals surface area (Å²) in [6.45, 7) is 13.9. The summed E-state index contributed by atoms with van der Waals surface area (Å²) in [6.07, 6.45) is 5.78. The van der Waals surface area contributed by atoms with Crippen molar-refractivity contribution in [2.45, 2.75) is 53.0 Å². The molecule has 0 spiro atoms. The molecule has 5 heteroatoms. The molecule has 2 aliphatic heterocycles. The Kier molecular flexibility index (Phi) is 4.84. The number of hydrogen-bond acceptors (Lipinski definition) is 5. The molecule has 5 atom stereocenters. The number of hydrogen-bond donors (Lipinski definition) is 2. The zero-order chi connectivity index (χ0) is 18.3. The number of fused-ring (bicyclic) bond motifs is 1. The Bertz CT molecular complexity index is 619. The number of nitrogens with one attached hydrogen (secondary N) is 2. The van der Waals surface area contributed by atoms with E-state index in [1.165, 1.54) is 25.8 Å². The van der Waals surface area contributed by atoms with Crippen LogP contribution in [-0.4, -0.2) is 42.2 Å². The van der Waals surface area contributed by atoms with Crippen LogP contribution in [0.4, 0.5) is 11.8 Å². The van der Waals surface area contributed by atoms with Gasteiger partial charge >= 0.3 is 0 Å². The van der Waals surface area contributed by atoms with Gasteiger partial charge < -0.3 is 15.5 Å². The summed E-state index contributed by atoms with van der Waals surface area (Å²) >= 11 is 0. The van der Waals surface area contributed by atoms with Gasteiger partial charge in [-0.2, -0.15) is 4.98 Å². The van der Waals surface area contributed by atoms with Gasteiger partial charge in [-0.3, -0.25) is 0 Å². The van der Waals surface area contributed by atoms with Gasteiger partial charge in [0.25, 0.3) is 0 Å². The first-order chi connectivity index (χ1) is 12.5. The summed E-state index contributed by atoms with van der Waals surface area (Å²) in [6, 6.07) is 2.70. The highest BCUT2D eigenvalue weighted by Gasteiger charge is 2.48. The Morgan fingerprint density at radius 2 is 2.23 bits per heavy atom. The molecule has 3 fully saturated rings. The first-order valence-corrected chi connectivity index (χ1v) is 10.5. The maximum Gasteiger partial charge on any atom is 0.224 e. The second-order valence-electron chi connectivity index (χ2n) is 9.37. The molecule has 5 nitrogen and oxygen atoms in total. The zero-order valence-corrected chi connectivity index (χ0v) is 16.8. The fourth-order valence-electron chi connectivity index (χ4n) is 5.43. The largest absolute Gasteiger partial charge is 0.355 e. The summed E-state index contributed by atoms with van der Waals surface area (Å²) in [4.78, 5) is 11.7. The summed E-state index contributed by atoms with van der Waals surface area (Å²) in [5.74, 6) is 4.99. The van der Waals surface area contributed by atoms with E-state index in [-0.39, 0.29) is 0 Å². The summed E-state index contributed by atoms with van der Waals surface area (Å²) in [5.41, 5.74) is 0.464. The van der Waals surface area contributed by atoms with E-state index in [1.807, 2.05) is 6.20 Å². The van der Waals surface area contributed by atoms with Crippen LogP contribution in [0.25, 0.3) is 0 Å². The Morgan fingerprint density at radius 1 is 1.38 bits per heavy atom. The normalized spacial score (nSPS) is 33.6. The summed E-state index contributed by atoms with van der Waals surface area (Å²) in [5, 5.41) is 7.16. The molecule has 3 aliphatic rings. The molecule has 0 aromatic carbocycles. The van der Waals surface area contributed by atoms with Crippen LogP contribution in [0.1, 0.15) is 47.0 Å². The number of rotatable bonds is 6. The first kappa shape index (κ1) is 18.0. The third-order valence-corrected chi connectivity index (χ3v) is 7.78. The van der Waals surface area contributed by atoms with Crippen molar-refractivity contribution in [1.29, 1.82) is 0 Å². The van der Waals surface area contributed by atoms with E-state index in [0.717, 1.165) is 49.2 Å². The fraction of sp³-hybridized carbons (Fsp3) is 0.810. The van der Waals surface area contributed by atoms with Gasteiger partial charge in [0, 0.05) is 31.9 Å². The van der Waals surface area contributed by atoms with Crippen molar-refractivity contribution in [3.63, 3.8) is 0 Å². The minimum absolute atomic E-state index is 0.464. The van der Waals surface area contributed by atoms with Crippen molar-refractivity contribution in [2.24, 2.45) is 29.1 Å². The predicted molar refractivity (Wildman–Crippen MR) is 107 cm³/mol. The van der Waals surface area contributed by atoms with Gasteiger partial charge in [0.2, 0.25) is 5.95 Å². The zero-order valence-electron chi connectivity index (χ0n) is 16.8. The van der Waals surface area contributed by atoms with Crippen LogP contribution in [0.5, 0.6) is 0 Å². The number of anilines is 2. The summed E-state index contributed by atoms with van der Waals surface area (Å²) < 4.78 is 0. The lowest BCUT2D eigenvalue weighted by Crippen LogP contribution is -2.48. The van der Waals surface area contributed by atoms with Crippen LogP contribution >= 0.6 is 0 Å². The molecular weight excluding hydrogens is 322 g/mol. The molecule has 2 N–H and O–H groups in total. The quantitative estimate of drug-likeness (QED) is 0.817. The lowest BCUT2D eigenvalue weighted by molar-refractivity contribution is -0.0447. The minimum atomic E-state index is 0.464. The van der Waals surface area contributed by atoms with Crippen LogP contribution < -0.4 is 15.5 Å². The van der Waals surface area contributed by atoms with E-state index in [4.69, 9.17) is 4.98 Å². The Labute approximate surface area is 158 Å². The highest BCUT2D eigenvalue weighted by atomic mass is 15.3. The topological polar surface area (TPSA) is 53.1 Å². The van der Waals surface area contributed by atoms with E-state index in [0.29, 0.717) is 17.4 Å². The van der Waals surface area contributed by atoms with Crippen molar-refractivity contribution < 1.29 is 0 Å². The summed E-state index contributed by atoms with van der Waals surface area (Å²) in [7, 11) is 0. The predicted octanol–water partition coefficient (Wildman–Crippen LogP) is 3.40. The minimum Gasteiger partial charge on any atom is -0.355 e. The van der Waals surface area contributed by atoms with Crippen molar-refractivity contribution in [3.8, 4) is 0 Å². The van der Waals surface area contributed by atoms with Gasteiger partial charge in [0.1, 0.15) is 5.82 Å². The van der Waals surface area contributed by atoms with Crippen LogP contribution in [-0.2, 0) is 0 Å². The molecule has 1 aromatic rings. The molecular formula is C21H35N5. The van der Waals surface area contributed by atoms with Gasteiger partial charge in [-0.25, -0.2) is 4.98 Å². The van der Waals surface area contributed by atoms with Gasteiger partial charge in [0.15, 0.2) is 0 Å². The van der Waals surface area contributed by atoms with E-state index >= 15 is 0 Å². The van der Waals surface area contributed by atoms with Gasteiger partial charge in [-0.1, -0.05) is 34.1 Å². The second kappa shape index (κ2) is 6.99. The third-order valence-electron chi connectivity index (χ3n) is 7.78.